The van der Waals surface area contributed by atoms with Gasteiger partial charge in [0, 0.05) is 11.8 Å². The highest BCUT2D eigenvalue weighted by Gasteiger charge is 2.21. The third kappa shape index (κ3) is 2.24. The monoisotopic (exact) mass is 250 g/mol. The lowest BCUT2D eigenvalue weighted by Crippen LogP contribution is -2.26. The summed E-state index contributed by atoms with van der Waals surface area (Å²) in [4.78, 5) is 17.0. The Morgan fingerprint density at radius 1 is 1.59 bits per heavy atom. The van der Waals surface area contributed by atoms with Gasteiger partial charge in [-0.15, -0.1) is 11.3 Å². The number of hydrogen-bond donors (Lipinski definition) is 0. The number of thiazole rings is 1. The number of carbonyl (C=O) groups excluding carboxylic acids is 1. The SMILES string of the molecule is C=Cc1cn(C(=O)OC(C)(C)C)c2scnc12. The quantitative estimate of drug-likeness (QED) is 0.777. The fraction of sp³-hybridized carbons (Fsp3) is 0.333. The van der Waals surface area contributed by atoms with E-state index in [-0.39, 0.29) is 6.09 Å². The van der Waals surface area contributed by atoms with Crippen LogP contribution in [0, 0.1) is 0 Å². The minimum atomic E-state index is -0.507. The number of rotatable bonds is 1. The molecule has 0 unspecified atom stereocenters. The Kier molecular flexibility index (Phi) is 2.79. The van der Waals surface area contributed by atoms with E-state index in [2.05, 4.69) is 11.6 Å². The lowest BCUT2D eigenvalue weighted by Gasteiger charge is -2.19. The minimum absolute atomic E-state index is 0.389. The topological polar surface area (TPSA) is 44.1 Å². The Morgan fingerprint density at radius 3 is 2.88 bits per heavy atom. The lowest BCUT2D eigenvalue weighted by atomic mass is 10.2. The van der Waals surface area contributed by atoms with E-state index in [4.69, 9.17) is 4.74 Å². The van der Waals surface area contributed by atoms with Crippen molar-refractivity contribution in [3.63, 3.8) is 0 Å². The Hall–Kier alpha value is -1.62. The molecule has 0 amide bonds. The van der Waals surface area contributed by atoms with E-state index in [0.717, 1.165) is 15.9 Å². The largest absolute Gasteiger partial charge is 0.443 e. The van der Waals surface area contributed by atoms with Crippen LogP contribution in [0.1, 0.15) is 26.3 Å². The van der Waals surface area contributed by atoms with Gasteiger partial charge in [-0.05, 0) is 20.8 Å². The standard InChI is InChI=1S/C12H14N2O2S/c1-5-8-6-14(10-9(8)13-7-17-10)11(15)16-12(2,3)4/h5-7H,1H2,2-4H3. The van der Waals surface area contributed by atoms with Crippen molar-refractivity contribution < 1.29 is 9.53 Å². The van der Waals surface area contributed by atoms with Crippen LogP contribution in [0.5, 0.6) is 0 Å². The lowest BCUT2D eigenvalue weighted by molar-refractivity contribution is 0.0545. The molecule has 0 atom stereocenters. The Labute approximate surface area is 104 Å². The molecule has 0 aromatic carbocycles. The molecule has 2 heterocycles. The molecule has 2 aromatic rings. The summed E-state index contributed by atoms with van der Waals surface area (Å²) in [5.41, 5.74) is 2.83. The molecular weight excluding hydrogens is 236 g/mol. The number of ether oxygens (including phenoxy) is 1. The van der Waals surface area contributed by atoms with Crippen LogP contribution in [0.3, 0.4) is 0 Å². The Balaban J connectivity index is 2.45. The molecular formula is C12H14N2O2S. The molecule has 5 heteroatoms. The van der Waals surface area contributed by atoms with Crippen molar-refractivity contribution in [2.75, 3.05) is 0 Å². The minimum Gasteiger partial charge on any atom is -0.443 e. The second kappa shape index (κ2) is 4.00. The van der Waals surface area contributed by atoms with E-state index in [9.17, 15) is 4.79 Å². The maximum absolute atomic E-state index is 12.0. The molecule has 0 aliphatic heterocycles. The molecule has 0 fully saturated rings. The van der Waals surface area contributed by atoms with Crippen LogP contribution in [-0.4, -0.2) is 21.2 Å². The average Bonchev–Trinajstić information content (AvgIpc) is 2.73. The zero-order valence-electron chi connectivity index (χ0n) is 10.1. The van der Waals surface area contributed by atoms with Gasteiger partial charge in [-0.1, -0.05) is 12.7 Å². The van der Waals surface area contributed by atoms with Crippen LogP contribution in [0.2, 0.25) is 0 Å². The molecule has 0 spiro atoms. The van der Waals surface area contributed by atoms with Crippen molar-refractivity contribution in [1.82, 2.24) is 9.55 Å². The van der Waals surface area contributed by atoms with Crippen molar-refractivity contribution in [3.05, 3.63) is 23.8 Å². The van der Waals surface area contributed by atoms with Gasteiger partial charge in [-0.3, -0.25) is 0 Å². The normalized spacial score (nSPS) is 11.7. The molecule has 2 aromatic heterocycles. The smallest absolute Gasteiger partial charge is 0.419 e. The van der Waals surface area contributed by atoms with Gasteiger partial charge >= 0.3 is 6.09 Å². The van der Waals surface area contributed by atoms with Gasteiger partial charge < -0.3 is 4.74 Å². The molecule has 90 valence electrons. The molecule has 0 N–H and O–H groups in total. The summed E-state index contributed by atoms with van der Waals surface area (Å²) >= 11 is 1.41. The van der Waals surface area contributed by atoms with Gasteiger partial charge in [-0.2, -0.15) is 0 Å². The molecule has 0 aliphatic carbocycles. The maximum atomic E-state index is 12.0. The van der Waals surface area contributed by atoms with Crippen molar-refractivity contribution >= 4 is 33.9 Å². The zero-order chi connectivity index (χ0) is 12.6. The molecule has 0 bridgehead atoms. The number of aromatic nitrogens is 2. The molecule has 17 heavy (non-hydrogen) atoms. The molecule has 4 nitrogen and oxygen atoms in total. The molecule has 0 radical (unpaired) electrons. The number of carbonyl (C=O) groups is 1. The van der Waals surface area contributed by atoms with Crippen LogP contribution in [0.4, 0.5) is 4.79 Å². The summed E-state index contributed by atoms with van der Waals surface area (Å²) in [6.45, 7) is 9.23. The van der Waals surface area contributed by atoms with E-state index in [1.807, 2.05) is 20.8 Å². The molecule has 0 aliphatic rings. The Morgan fingerprint density at radius 2 is 2.29 bits per heavy atom. The average molecular weight is 250 g/mol. The Bertz CT molecular complexity index is 575. The summed E-state index contributed by atoms with van der Waals surface area (Å²) in [5, 5.41) is 0. The second-order valence-electron chi connectivity index (χ2n) is 4.65. The van der Waals surface area contributed by atoms with E-state index >= 15 is 0 Å². The van der Waals surface area contributed by atoms with Gasteiger partial charge in [0.2, 0.25) is 0 Å². The van der Waals surface area contributed by atoms with Gasteiger partial charge in [0.25, 0.3) is 0 Å². The molecule has 2 rings (SSSR count). The second-order valence-corrected chi connectivity index (χ2v) is 5.48. The maximum Gasteiger partial charge on any atom is 0.419 e. The first-order chi connectivity index (χ1) is 7.92. The van der Waals surface area contributed by atoms with E-state index in [1.165, 1.54) is 15.9 Å². The van der Waals surface area contributed by atoms with Crippen LogP contribution in [0.15, 0.2) is 18.3 Å². The summed E-state index contributed by atoms with van der Waals surface area (Å²) in [7, 11) is 0. The van der Waals surface area contributed by atoms with Crippen LogP contribution in [0.25, 0.3) is 16.4 Å². The first kappa shape index (κ1) is 11.9. The van der Waals surface area contributed by atoms with E-state index in [0.29, 0.717) is 0 Å². The predicted octanol–water partition coefficient (Wildman–Crippen LogP) is 3.52. The molecule has 0 saturated heterocycles. The molecule has 0 saturated carbocycles. The highest BCUT2D eigenvalue weighted by molar-refractivity contribution is 7.16. The number of hydrogen-bond acceptors (Lipinski definition) is 4. The predicted molar refractivity (Wildman–Crippen MR) is 69.3 cm³/mol. The zero-order valence-corrected chi connectivity index (χ0v) is 10.9. The van der Waals surface area contributed by atoms with Crippen LogP contribution in [-0.2, 0) is 4.74 Å². The highest BCUT2D eigenvalue weighted by atomic mass is 32.1. The van der Waals surface area contributed by atoms with Gasteiger partial charge in [-0.25, -0.2) is 14.3 Å². The summed E-state index contributed by atoms with van der Waals surface area (Å²) in [6.07, 6.45) is 3.00. The van der Waals surface area contributed by atoms with Crippen LogP contribution >= 0.6 is 11.3 Å². The fourth-order valence-corrected chi connectivity index (χ4v) is 2.24. The number of nitrogens with zero attached hydrogens (tertiary/aromatic N) is 2. The van der Waals surface area contributed by atoms with Crippen molar-refractivity contribution in [1.29, 1.82) is 0 Å². The van der Waals surface area contributed by atoms with Gasteiger partial charge in [0.05, 0.1) is 5.51 Å². The summed E-state index contributed by atoms with van der Waals surface area (Å²) < 4.78 is 6.81. The van der Waals surface area contributed by atoms with Crippen LogP contribution < -0.4 is 0 Å². The first-order valence-corrected chi connectivity index (χ1v) is 6.10. The van der Waals surface area contributed by atoms with E-state index in [1.54, 1.807) is 17.8 Å². The van der Waals surface area contributed by atoms with Gasteiger partial charge in [0.1, 0.15) is 15.9 Å². The summed E-state index contributed by atoms with van der Waals surface area (Å²) in [5.74, 6) is 0. The first-order valence-electron chi connectivity index (χ1n) is 5.23. The van der Waals surface area contributed by atoms with Crippen molar-refractivity contribution in [3.8, 4) is 0 Å². The van der Waals surface area contributed by atoms with Crippen molar-refractivity contribution in [2.45, 2.75) is 26.4 Å². The summed E-state index contributed by atoms with van der Waals surface area (Å²) in [6, 6.07) is 0. The fourth-order valence-electron chi connectivity index (χ4n) is 1.46. The van der Waals surface area contributed by atoms with Gasteiger partial charge in [0.15, 0.2) is 0 Å². The third-order valence-corrected chi connectivity index (χ3v) is 2.94. The van der Waals surface area contributed by atoms with E-state index < -0.39 is 5.60 Å². The third-order valence-electron chi connectivity index (χ3n) is 2.12. The van der Waals surface area contributed by atoms with Crippen molar-refractivity contribution in [2.24, 2.45) is 0 Å². The number of fused-ring (bicyclic) bond motifs is 1. The highest BCUT2D eigenvalue weighted by Crippen LogP contribution is 2.25.